The number of methoxy groups -OCH3 is 2. The lowest BCUT2D eigenvalue weighted by Gasteiger charge is -2.39. The maximum Gasteiger partial charge on any atom is 0.407 e. The third-order valence-corrected chi connectivity index (χ3v) is 9.34. The second-order valence-electron chi connectivity index (χ2n) is 9.36. The van der Waals surface area contributed by atoms with Crippen molar-refractivity contribution in [3.8, 4) is 11.5 Å². The lowest BCUT2D eigenvalue weighted by molar-refractivity contribution is 0.0496. The van der Waals surface area contributed by atoms with Gasteiger partial charge in [0.1, 0.15) is 5.60 Å². The van der Waals surface area contributed by atoms with Crippen molar-refractivity contribution in [2.45, 2.75) is 71.4 Å². The molecule has 1 aromatic rings. The molecule has 1 unspecified atom stereocenters. The molecule has 0 saturated carbocycles. The van der Waals surface area contributed by atoms with Crippen LogP contribution >= 0.6 is 0 Å². The first-order valence-corrected chi connectivity index (χ1v) is 12.5. The van der Waals surface area contributed by atoms with Crippen LogP contribution in [0, 0.1) is 0 Å². The number of nitrogens with one attached hydrogen (secondary N) is 1. The minimum Gasteiger partial charge on any atom is -0.493 e. The van der Waals surface area contributed by atoms with Crippen molar-refractivity contribution < 1.29 is 23.4 Å². The van der Waals surface area contributed by atoms with Crippen LogP contribution in [0.15, 0.2) is 18.2 Å². The van der Waals surface area contributed by atoms with E-state index in [0.29, 0.717) is 18.0 Å². The molecule has 0 bridgehead atoms. The predicted molar refractivity (Wildman–Crippen MR) is 115 cm³/mol. The van der Waals surface area contributed by atoms with Crippen LogP contribution in [0.25, 0.3) is 0 Å². The van der Waals surface area contributed by atoms with Gasteiger partial charge in [0.2, 0.25) is 0 Å². The number of hydrogen-bond acceptors (Lipinski definition) is 5. The Morgan fingerprint density at radius 1 is 1.04 bits per heavy atom. The van der Waals surface area contributed by atoms with Crippen molar-refractivity contribution in [2.75, 3.05) is 20.8 Å². The summed E-state index contributed by atoms with van der Waals surface area (Å²) < 4.78 is 22.7. The molecule has 0 aliphatic rings. The molecule has 1 atom stereocenters. The molecule has 0 fully saturated rings. The average Bonchev–Trinajstić information content (AvgIpc) is 2.55. The fourth-order valence-electron chi connectivity index (χ4n) is 2.30. The van der Waals surface area contributed by atoms with Gasteiger partial charge in [0.25, 0.3) is 0 Å². The lowest BCUT2D eigenvalue weighted by Crippen LogP contribution is -2.44. The van der Waals surface area contributed by atoms with Crippen molar-refractivity contribution in [1.29, 1.82) is 0 Å². The number of carbonyl (C=O) groups excluding carboxylic acids is 1. The molecule has 0 aliphatic carbocycles. The molecule has 0 saturated heterocycles. The van der Waals surface area contributed by atoms with Crippen molar-refractivity contribution in [1.82, 2.24) is 5.32 Å². The molecule has 1 aromatic carbocycles. The van der Waals surface area contributed by atoms with E-state index in [1.807, 2.05) is 39.0 Å². The Hall–Kier alpha value is -1.73. The predicted octanol–water partition coefficient (Wildman–Crippen LogP) is 5.29. The quantitative estimate of drug-likeness (QED) is 0.617. The number of benzene rings is 1. The zero-order valence-electron chi connectivity index (χ0n) is 19.1. The summed E-state index contributed by atoms with van der Waals surface area (Å²) in [6.07, 6.45) is -0.787. The van der Waals surface area contributed by atoms with Crippen LogP contribution in [0.2, 0.25) is 18.1 Å². The first kappa shape index (κ1) is 24.3. The second-order valence-corrected chi connectivity index (χ2v) is 14.1. The lowest BCUT2D eigenvalue weighted by atomic mass is 10.1. The van der Waals surface area contributed by atoms with Crippen molar-refractivity contribution in [3.05, 3.63) is 23.8 Å². The number of rotatable bonds is 7. The molecule has 1 N–H and O–H groups in total. The smallest absolute Gasteiger partial charge is 0.407 e. The Labute approximate surface area is 171 Å². The van der Waals surface area contributed by atoms with Crippen LogP contribution in [-0.4, -0.2) is 40.8 Å². The molecule has 160 valence electrons. The van der Waals surface area contributed by atoms with Gasteiger partial charge in [-0.3, -0.25) is 0 Å². The van der Waals surface area contributed by atoms with E-state index in [9.17, 15) is 4.79 Å². The Kier molecular flexibility index (Phi) is 7.97. The topological polar surface area (TPSA) is 66.0 Å². The molecular weight excluding hydrogens is 374 g/mol. The Morgan fingerprint density at radius 2 is 1.61 bits per heavy atom. The van der Waals surface area contributed by atoms with Crippen LogP contribution in [0.3, 0.4) is 0 Å². The average molecular weight is 412 g/mol. The van der Waals surface area contributed by atoms with Gasteiger partial charge in [-0.25, -0.2) is 4.79 Å². The Balaban J connectivity index is 3.13. The molecule has 0 aromatic heterocycles. The summed E-state index contributed by atoms with van der Waals surface area (Å²) >= 11 is 0. The van der Waals surface area contributed by atoms with Crippen LogP contribution in [0.5, 0.6) is 11.5 Å². The number of ether oxygens (including phenoxy) is 3. The highest BCUT2D eigenvalue weighted by Gasteiger charge is 2.39. The molecule has 1 amide bonds. The summed E-state index contributed by atoms with van der Waals surface area (Å²) in [5, 5.41) is 2.88. The van der Waals surface area contributed by atoms with Gasteiger partial charge in [0, 0.05) is 0 Å². The van der Waals surface area contributed by atoms with Gasteiger partial charge in [-0.15, -0.1) is 0 Å². The highest BCUT2D eigenvalue weighted by atomic mass is 28.4. The molecular formula is C21H37NO5Si. The maximum atomic E-state index is 12.2. The second kappa shape index (κ2) is 9.18. The van der Waals surface area contributed by atoms with Gasteiger partial charge < -0.3 is 24.0 Å². The Bertz CT molecular complexity index is 662. The normalized spacial score (nSPS) is 13.6. The highest BCUT2D eigenvalue weighted by molar-refractivity contribution is 6.74. The van der Waals surface area contributed by atoms with Gasteiger partial charge >= 0.3 is 6.09 Å². The van der Waals surface area contributed by atoms with Crippen LogP contribution < -0.4 is 14.8 Å². The minimum atomic E-state index is -2.08. The molecule has 1 rings (SSSR count). The Morgan fingerprint density at radius 3 is 2.07 bits per heavy atom. The van der Waals surface area contributed by atoms with Crippen molar-refractivity contribution in [2.24, 2.45) is 0 Å². The first-order valence-electron chi connectivity index (χ1n) is 9.57. The van der Waals surface area contributed by atoms with E-state index in [1.165, 1.54) is 0 Å². The number of amides is 1. The largest absolute Gasteiger partial charge is 0.493 e. The third-order valence-electron chi connectivity index (χ3n) is 4.85. The van der Waals surface area contributed by atoms with Gasteiger partial charge in [0.15, 0.2) is 19.8 Å². The third kappa shape index (κ3) is 7.02. The number of alkyl carbamates (subject to hydrolysis) is 1. The fourth-order valence-corrected chi connectivity index (χ4v) is 3.59. The van der Waals surface area contributed by atoms with Crippen LogP contribution in [-0.2, 0) is 9.16 Å². The highest BCUT2D eigenvalue weighted by Crippen LogP contribution is 2.40. The van der Waals surface area contributed by atoms with E-state index >= 15 is 0 Å². The summed E-state index contributed by atoms with van der Waals surface area (Å²) in [4.78, 5) is 12.2. The summed E-state index contributed by atoms with van der Waals surface area (Å²) in [5.41, 5.74) is 0.363. The van der Waals surface area contributed by atoms with Crippen molar-refractivity contribution >= 4 is 14.4 Å². The summed E-state index contributed by atoms with van der Waals surface area (Å²) in [7, 11) is 1.12. The molecule has 7 heteroatoms. The van der Waals surface area contributed by atoms with E-state index in [0.717, 1.165) is 5.56 Å². The summed E-state index contributed by atoms with van der Waals surface area (Å²) in [5.74, 6) is 1.28. The number of carbonyl (C=O) groups is 1. The van der Waals surface area contributed by atoms with E-state index in [1.54, 1.807) is 14.2 Å². The minimum absolute atomic E-state index is 0.0354. The molecule has 0 heterocycles. The maximum absolute atomic E-state index is 12.2. The van der Waals surface area contributed by atoms with Crippen molar-refractivity contribution in [3.63, 3.8) is 0 Å². The van der Waals surface area contributed by atoms with Crippen LogP contribution in [0.1, 0.15) is 53.2 Å². The van der Waals surface area contributed by atoms with E-state index in [-0.39, 0.29) is 11.1 Å². The number of hydrogen-bond donors (Lipinski definition) is 1. The summed E-state index contributed by atoms with van der Waals surface area (Å²) in [6, 6.07) is 5.69. The SMILES string of the molecule is COc1ccc(C(CNC(=O)OC(C)(C)C)O[Si](C)(C)C(C)(C)C)cc1OC. The van der Waals surface area contributed by atoms with Gasteiger partial charge in [-0.1, -0.05) is 26.8 Å². The zero-order chi connectivity index (χ0) is 21.8. The standard InChI is InChI=1S/C21H37NO5Si/c1-20(2,3)26-19(23)22-14-18(27-28(9,10)21(4,5)6)15-11-12-16(24-7)17(13-15)25-8/h11-13,18H,14H2,1-10H3,(H,22,23). The summed E-state index contributed by atoms with van der Waals surface area (Å²) in [6.45, 7) is 16.8. The molecule has 6 nitrogen and oxygen atoms in total. The fraction of sp³-hybridized carbons (Fsp3) is 0.667. The van der Waals surface area contributed by atoms with E-state index < -0.39 is 20.0 Å². The van der Waals surface area contributed by atoms with Gasteiger partial charge in [-0.2, -0.15) is 0 Å². The van der Waals surface area contributed by atoms with E-state index in [4.69, 9.17) is 18.6 Å². The van der Waals surface area contributed by atoms with Crippen LogP contribution in [0.4, 0.5) is 4.79 Å². The zero-order valence-corrected chi connectivity index (χ0v) is 20.1. The molecule has 0 spiro atoms. The molecule has 28 heavy (non-hydrogen) atoms. The van der Waals surface area contributed by atoms with Gasteiger partial charge in [0.05, 0.1) is 26.9 Å². The molecule has 0 aliphatic heterocycles. The first-order chi connectivity index (χ1) is 12.7. The van der Waals surface area contributed by atoms with E-state index in [2.05, 4.69) is 39.2 Å². The monoisotopic (exact) mass is 411 g/mol. The van der Waals surface area contributed by atoms with Gasteiger partial charge in [-0.05, 0) is 56.6 Å². The molecule has 0 radical (unpaired) electrons.